The summed E-state index contributed by atoms with van der Waals surface area (Å²) >= 11 is 0. The number of aromatic carboxylic acids is 1. The predicted molar refractivity (Wildman–Crippen MR) is 67.5 cm³/mol. The zero-order valence-corrected chi connectivity index (χ0v) is 10.0. The van der Waals surface area contributed by atoms with Gasteiger partial charge in [0.1, 0.15) is 5.75 Å². The Labute approximate surface area is 107 Å². The number of carboxylic acids is 1. The summed E-state index contributed by atoms with van der Waals surface area (Å²) in [7, 11) is 0. The summed E-state index contributed by atoms with van der Waals surface area (Å²) in [4.78, 5) is 28.2. The predicted octanol–water partition coefficient (Wildman–Crippen LogP) is 1.15. The molecule has 0 saturated heterocycles. The van der Waals surface area contributed by atoms with E-state index >= 15 is 0 Å². The molecule has 0 aliphatic carbocycles. The van der Waals surface area contributed by atoms with Crippen LogP contribution in [0.5, 0.6) is 11.6 Å². The molecule has 0 spiro atoms. The number of nitrogens with one attached hydrogen (secondary N) is 1. The third kappa shape index (κ3) is 2.54. The maximum absolute atomic E-state index is 11.3. The first kappa shape index (κ1) is 12.6. The molecular formula is C12H11N3O4. The van der Waals surface area contributed by atoms with E-state index < -0.39 is 11.5 Å². The number of aromatic amines is 1. The van der Waals surface area contributed by atoms with Crippen molar-refractivity contribution in [3.05, 3.63) is 46.0 Å². The van der Waals surface area contributed by atoms with E-state index in [1.165, 1.54) is 24.5 Å². The highest BCUT2D eigenvalue weighted by Crippen LogP contribution is 2.24. The van der Waals surface area contributed by atoms with Gasteiger partial charge in [0.25, 0.3) is 5.56 Å². The van der Waals surface area contributed by atoms with Gasteiger partial charge >= 0.3 is 5.97 Å². The van der Waals surface area contributed by atoms with Crippen molar-refractivity contribution < 1.29 is 14.6 Å². The van der Waals surface area contributed by atoms with E-state index in [1.54, 1.807) is 6.92 Å². The fourth-order valence-corrected chi connectivity index (χ4v) is 1.53. The smallest absolute Gasteiger partial charge is 0.335 e. The molecule has 98 valence electrons. The van der Waals surface area contributed by atoms with Gasteiger partial charge < -0.3 is 20.6 Å². The third-order valence-corrected chi connectivity index (χ3v) is 2.50. The van der Waals surface area contributed by atoms with E-state index in [4.69, 9.17) is 15.6 Å². The summed E-state index contributed by atoms with van der Waals surface area (Å²) in [6.07, 6.45) is 1.17. The first-order valence-corrected chi connectivity index (χ1v) is 5.34. The Bertz CT molecular complexity index is 694. The molecule has 0 radical (unpaired) electrons. The minimum atomic E-state index is -1.02. The fraction of sp³-hybridized carbons (Fsp3) is 0.0833. The molecule has 0 aliphatic heterocycles. The number of nitrogen functional groups attached to an aromatic ring is 1. The molecule has 0 aliphatic rings. The van der Waals surface area contributed by atoms with Gasteiger partial charge in [-0.1, -0.05) is 0 Å². The second-order valence-corrected chi connectivity index (χ2v) is 3.83. The molecule has 0 amide bonds. The quantitative estimate of drug-likeness (QED) is 0.762. The van der Waals surface area contributed by atoms with Gasteiger partial charge in [-0.15, -0.1) is 0 Å². The minimum Gasteiger partial charge on any atom is -0.478 e. The number of nitrogens with zero attached hydrogens (tertiary/aromatic N) is 1. The van der Waals surface area contributed by atoms with Crippen LogP contribution in [-0.4, -0.2) is 21.0 Å². The highest BCUT2D eigenvalue weighted by atomic mass is 16.5. The number of anilines is 1. The average molecular weight is 261 g/mol. The van der Waals surface area contributed by atoms with Crippen molar-refractivity contribution in [2.24, 2.45) is 0 Å². The van der Waals surface area contributed by atoms with Gasteiger partial charge in [0.2, 0.25) is 5.88 Å². The standard InChI is InChI=1S/C12H11N3O4/c1-6-4-7(2-3-8(6)12(17)18)19-11-9(13)10(16)14-5-15-11/h2-5H,13H2,1H3,(H,17,18)(H,14,15,16). The van der Waals surface area contributed by atoms with Gasteiger partial charge in [0.05, 0.1) is 11.9 Å². The van der Waals surface area contributed by atoms with Gasteiger partial charge in [-0.3, -0.25) is 4.79 Å². The normalized spacial score (nSPS) is 10.2. The molecule has 1 heterocycles. The lowest BCUT2D eigenvalue weighted by atomic mass is 10.1. The Morgan fingerprint density at radius 3 is 2.84 bits per heavy atom. The number of rotatable bonds is 3. The van der Waals surface area contributed by atoms with E-state index in [9.17, 15) is 9.59 Å². The molecule has 0 saturated carbocycles. The van der Waals surface area contributed by atoms with Crippen molar-refractivity contribution in [1.82, 2.24) is 9.97 Å². The van der Waals surface area contributed by atoms with Crippen LogP contribution in [0.2, 0.25) is 0 Å². The molecule has 0 bridgehead atoms. The molecule has 2 rings (SSSR count). The second kappa shape index (κ2) is 4.81. The number of carbonyl (C=O) groups is 1. The molecule has 4 N–H and O–H groups in total. The topological polar surface area (TPSA) is 118 Å². The van der Waals surface area contributed by atoms with Crippen molar-refractivity contribution in [3.63, 3.8) is 0 Å². The zero-order chi connectivity index (χ0) is 14.0. The van der Waals surface area contributed by atoms with Crippen molar-refractivity contribution in [2.45, 2.75) is 6.92 Å². The second-order valence-electron chi connectivity index (χ2n) is 3.83. The largest absolute Gasteiger partial charge is 0.478 e. The van der Waals surface area contributed by atoms with Crippen LogP contribution in [0.1, 0.15) is 15.9 Å². The van der Waals surface area contributed by atoms with Gasteiger partial charge in [-0.05, 0) is 30.7 Å². The maximum Gasteiger partial charge on any atom is 0.335 e. The summed E-state index contributed by atoms with van der Waals surface area (Å²) in [5.74, 6) is -0.684. The van der Waals surface area contributed by atoms with E-state index in [0.29, 0.717) is 11.3 Å². The van der Waals surface area contributed by atoms with Crippen LogP contribution in [0, 0.1) is 6.92 Å². The van der Waals surface area contributed by atoms with Gasteiger partial charge in [0.15, 0.2) is 5.69 Å². The summed E-state index contributed by atoms with van der Waals surface area (Å²) in [5.41, 5.74) is 5.60. The van der Waals surface area contributed by atoms with Crippen LogP contribution in [0.3, 0.4) is 0 Å². The van der Waals surface area contributed by atoms with Crippen LogP contribution in [0.25, 0.3) is 0 Å². The van der Waals surface area contributed by atoms with Gasteiger partial charge in [-0.2, -0.15) is 0 Å². The summed E-state index contributed by atoms with van der Waals surface area (Å²) in [6, 6.07) is 4.42. The van der Waals surface area contributed by atoms with E-state index in [2.05, 4.69) is 9.97 Å². The summed E-state index contributed by atoms with van der Waals surface area (Å²) in [6.45, 7) is 1.64. The molecule has 0 fully saturated rings. The highest BCUT2D eigenvalue weighted by molar-refractivity contribution is 5.89. The lowest BCUT2D eigenvalue weighted by Crippen LogP contribution is -2.13. The van der Waals surface area contributed by atoms with Crippen LogP contribution in [0.4, 0.5) is 5.69 Å². The Morgan fingerprint density at radius 1 is 1.47 bits per heavy atom. The molecule has 1 aromatic carbocycles. The highest BCUT2D eigenvalue weighted by Gasteiger charge is 2.10. The lowest BCUT2D eigenvalue weighted by Gasteiger charge is -2.08. The summed E-state index contributed by atoms with van der Waals surface area (Å²) in [5, 5.41) is 8.91. The first-order chi connectivity index (χ1) is 8.99. The Balaban J connectivity index is 2.34. The number of hydrogen-bond acceptors (Lipinski definition) is 5. The van der Waals surface area contributed by atoms with Crippen molar-refractivity contribution in [1.29, 1.82) is 0 Å². The van der Waals surface area contributed by atoms with E-state index in [-0.39, 0.29) is 17.1 Å². The van der Waals surface area contributed by atoms with E-state index in [1.807, 2.05) is 0 Å². The number of ether oxygens (including phenoxy) is 1. The molecular weight excluding hydrogens is 250 g/mol. The summed E-state index contributed by atoms with van der Waals surface area (Å²) < 4.78 is 5.36. The number of aromatic nitrogens is 2. The van der Waals surface area contributed by atoms with Crippen LogP contribution >= 0.6 is 0 Å². The van der Waals surface area contributed by atoms with Crippen LogP contribution < -0.4 is 16.0 Å². The number of H-pyrrole nitrogens is 1. The molecule has 19 heavy (non-hydrogen) atoms. The van der Waals surface area contributed by atoms with E-state index in [0.717, 1.165) is 0 Å². The number of benzene rings is 1. The number of nitrogens with two attached hydrogens (primary N) is 1. The first-order valence-electron chi connectivity index (χ1n) is 5.34. The Kier molecular flexibility index (Phi) is 3.19. The Morgan fingerprint density at radius 2 is 2.21 bits per heavy atom. The molecule has 2 aromatic rings. The maximum atomic E-state index is 11.3. The number of hydrogen-bond donors (Lipinski definition) is 3. The number of aryl methyl sites for hydroxylation is 1. The fourth-order valence-electron chi connectivity index (χ4n) is 1.53. The van der Waals surface area contributed by atoms with Crippen LogP contribution in [-0.2, 0) is 0 Å². The van der Waals surface area contributed by atoms with Crippen molar-refractivity contribution in [2.75, 3.05) is 5.73 Å². The molecule has 7 nitrogen and oxygen atoms in total. The average Bonchev–Trinajstić information content (AvgIpc) is 2.34. The monoisotopic (exact) mass is 261 g/mol. The molecule has 7 heteroatoms. The third-order valence-electron chi connectivity index (χ3n) is 2.50. The lowest BCUT2D eigenvalue weighted by molar-refractivity contribution is 0.0696. The number of carboxylic acid groups (broad SMARTS) is 1. The molecule has 0 atom stereocenters. The van der Waals surface area contributed by atoms with Crippen LogP contribution in [0.15, 0.2) is 29.3 Å². The zero-order valence-electron chi connectivity index (χ0n) is 10.0. The Hall–Kier alpha value is -2.83. The SMILES string of the molecule is Cc1cc(Oc2nc[nH]c(=O)c2N)ccc1C(=O)O. The van der Waals surface area contributed by atoms with Gasteiger partial charge in [-0.25, -0.2) is 9.78 Å². The van der Waals surface area contributed by atoms with Gasteiger partial charge in [0, 0.05) is 0 Å². The van der Waals surface area contributed by atoms with Crippen molar-refractivity contribution >= 4 is 11.7 Å². The molecule has 1 aromatic heterocycles. The molecule has 0 unspecified atom stereocenters. The minimum absolute atomic E-state index is 0.0220. The van der Waals surface area contributed by atoms with Crippen molar-refractivity contribution in [3.8, 4) is 11.6 Å².